The van der Waals surface area contributed by atoms with Gasteiger partial charge in [0.15, 0.2) is 0 Å². The second-order valence-corrected chi connectivity index (χ2v) is 4.22. The summed E-state index contributed by atoms with van der Waals surface area (Å²) >= 11 is 0. The highest BCUT2D eigenvalue weighted by Gasteiger charge is 2.22. The summed E-state index contributed by atoms with van der Waals surface area (Å²) in [6.07, 6.45) is 7.99. The molecule has 0 unspecified atom stereocenters. The van der Waals surface area contributed by atoms with Crippen LogP contribution in [0.4, 0.5) is 4.39 Å². The summed E-state index contributed by atoms with van der Waals surface area (Å²) in [6.45, 7) is 9.26. The van der Waals surface area contributed by atoms with Crippen LogP contribution in [0, 0.1) is 11.8 Å². The molecule has 1 heteroatoms. The molecule has 0 N–H and O–H groups in total. The molecule has 0 nitrogen and oxygen atoms in total. The minimum absolute atomic E-state index is 0.288. The molecule has 0 saturated heterocycles. The summed E-state index contributed by atoms with van der Waals surface area (Å²) in [4.78, 5) is 0. The third kappa shape index (κ3) is 2.83. The van der Waals surface area contributed by atoms with Crippen LogP contribution in [0.1, 0.15) is 32.6 Å². The molecule has 0 bridgehead atoms. The molecule has 14 heavy (non-hydrogen) atoms. The van der Waals surface area contributed by atoms with Gasteiger partial charge in [0.05, 0.1) is 0 Å². The van der Waals surface area contributed by atoms with E-state index in [4.69, 9.17) is 0 Å². The Labute approximate surface area is 86.2 Å². The molecule has 1 rings (SSSR count). The average Bonchev–Trinajstić information content (AvgIpc) is 2.15. The Morgan fingerprint density at radius 1 is 1.29 bits per heavy atom. The normalized spacial score (nSPS) is 28.6. The first-order valence-corrected chi connectivity index (χ1v) is 5.32. The maximum atomic E-state index is 13.1. The lowest BCUT2D eigenvalue weighted by atomic mass is 9.79. The van der Waals surface area contributed by atoms with Crippen molar-refractivity contribution in [2.45, 2.75) is 32.6 Å². The quantitative estimate of drug-likeness (QED) is 0.584. The van der Waals surface area contributed by atoms with Gasteiger partial charge < -0.3 is 0 Å². The fourth-order valence-corrected chi connectivity index (χ4v) is 2.15. The van der Waals surface area contributed by atoms with Crippen molar-refractivity contribution >= 4 is 0 Å². The van der Waals surface area contributed by atoms with Crippen LogP contribution in [0.15, 0.2) is 36.7 Å². The molecule has 0 heterocycles. The van der Waals surface area contributed by atoms with Crippen LogP contribution >= 0.6 is 0 Å². The summed E-state index contributed by atoms with van der Waals surface area (Å²) in [5.74, 6) is 0.871. The van der Waals surface area contributed by atoms with Crippen molar-refractivity contribution in [3.8, 4) is 0 Å². The highest BCUT2D eigenvalue weighted by molar-refractivity contribution is 5.29. The van der Waals surface area contributed by atoms with E-state index >= 15 is 0 Å². The third-order valence-electron chi connectivity index (χ3n) is 3.07. The molecule has 1 fully saturated rings. The van der Waals surface area contributed by atoms with Gasteiger partial charge in [-0.05, 0) is 30.3 Å². The number of hydrogen-bond acceptors (Lipinski definition) is 0. The van der Waals surface area contributed by atoms with Gasteiger partial charge in [-0.3, -0.25) is 0 Å². The van der Waals surface area contributed by atoms with Crippen molar-refractivity contribution in [2.24, 2.45) is 11.8 Å². The van der Waals surface area contributed by atoms with Crippen molar-refractivity contribution in [3.05, 3.63) is 36.7 Å². The van der Waals surface area contributed by atoms with E-state index in [9.17, 15) is 4.39 Å². The van der Waals surface area contributed by atoms with Crippen LogP contribution in [0.2, 0.25) is 0 Å². The van der Waals surface area contributed by atoms with E-state index in [0.29, 0.717) is 5.92 Å². The lowest BCUT2D eigenvalue weighted by Crippen LogP contribution is -2.14. The molecule has 0 radical (unpaired) electrons. The molecule has 1 saturated carbocycles. The smallest absolute Gasteiger partial charge is 0.119 e. The van der Waals surface area contributed by atoms with E-state index in [1.807, 2.05) is 0 Å². The van der Waals surface area contributed by atoms with E-state index in [1.54, 1.807) is 12.2 Å². The SMILES string of the molecule is C=C/C=C(\C(=C)F)C1CCC(C)CC1. The lowest BCUT2D eigenvalue weighted by molar-refractivity contribution is 0.317. The second-order valence-electron chi connectivity index (χ2n) is 4.22. The summed E-state index contributed by atoms with van der Waals surface area (Å²) in [5, 5.41) is 0. The topological polar surface area (TPSA) is 0 Å². The van der Waals surface area contributed by atoms with Gasteiger partial charge in [0.1, 0.15) is 5.83 Å². The summed E-state index contributed by atoms with van der Waals surface area (Å²) in [5.41, 5.74) is 0.756. The van der Waals surface area contributed by atoms with Crippen molar-refractivity contribution < 1.29 is 4.39 Å². The van der Waals surface area contributed by atoms with Crippen LogP contribution in [0.3, 0.4) is 0 Å². The van der Waals surface area contributed by atoms with E-state index < -0.39 is 0 Å². The minimum atomic E-state index is -0.288. The highest BCUT2D eigenvalue weighted by Crippen LogP contribution is 2.35. The first kappa shape index (κ1) is 11.2. The standard InChI is InChI=1S/C13H19F/c1-4-5-13(11(3)14)12-8-6-10(2)7-9-12/h4-5,10,12H,1,3,6-9H2,2H3/b13-5+. The molecule has 0 aromatic carbocycles. The van der Waals surface area contributed by atoms with Gasteiger partial charge >= 0.3 is 0 Å². The molecule has 0 aromatic rings. The summed E-state index contributed by atoms with van der Waals surface area (Å²) < 4.78 is 13.1. The van der Waals surface area contributed by atoms with E-state index in [2.05, 4.69) is 20.1 Å². The van der Waals surface area contributed by atoms with Gasteiger partial charge in [-0.15, -0.1) is 0 Å². The van der Waals surface area contributed by atoms with Crippen molar-refractivity contribution in [2.75, 3.05) is 0 Å². The van der Waals surface area contributed by atoms with Gasteiger partial charge in [0.2, 0.25) is 0 Å². The Kier molecular flexibility index (Phi) is 4.12. The summed E-state index contributed by atoms with van der Waals surface area (Å²) in [6, 6.07) is 0. The molecule has 78 valence electrons. The molecule has 0 atom stereocenters. The molecule has 0 spiro atoms. The van der Waals surface area contributed by atoms with Gasteiger partial charge in [-0.2, -0.15) is 0 Å². The third-order valence-corrected chi connectivity index (χ3v) is 3.07. The first-order chi connectivity index (χ1) is 6.65. The fraction of sp³-hybridized carbons (Fsp3) is 0.538. The predicted molar refractivity (Wildman–Crippen MR) is 59.7 cm³/mol. The molecule has 0 aromatic heterocycles. The van der Waals surface area contributed by atoms with Gasteiger partial charge in [-0.25, -0.2) is 4.39 Å². The van der Waals surface area contributed by atoms with Crippen molar-refractivity contribution in [3.63, 3.8) is 0 Å². The maximum absolute atomic E-state index is 13.1. The zero-order chi connectivity index (χ0) is 10.6. The number of hydrogen-bond donors (Lipinski definition) is 0. The van der Waals surface area contributed by atoms with Crippen LogP contribution < -0.4 is 0 Å². The van der Waals surface area contributed by atoms with Gasteiger partial charge in [-0.1, -0.05) is 45.1 Å². The molecule has 1 aliphatic carbocycles. The van der Waals surface area contributed by atoms with Crippen LogP contribution in [-0.4, -0.2) is 0 Å². The second kappa shape index (κ2) is 5.14. The van der Waals surface area contributed by atoms with E-state index in [-0.39, 0.29) is 5.83 Å². The average molecular weight is 194 g/mol. The van der Waals surface area contributed by atoms with Crippen molar-refractivity contribution in [1.82, 2.24) is 0 Å². The predicted octanol–water partition coefficient (Wildman–Crippen LogP) is 4.41. The Bertz CT molecular complexity index is 242. The Morgan fingerprint density at radius 3 is 2.29 bits per heavy atom. The zero-order valence-electron chi connectivity index (χ0n) is 8.93. The summed E-state index contributed by atoms with van der Waals surface area (Å²) in [7, 11) is 0. The largest absolute Gasteiger partial charge is 0.207 e. The first-order valence-electron chi connectivity index (χ1n) is 5.32. The molecular formula is C13H19F. The van der Waals surface area contributed by atoms with E-state index in [0.717, 1.165) is 24.3 Å². The maximum Gasteiger partial charge on any atom is 0.119 e. The van der Waals surface area contributed by atoms with Gasteiger partial charge in [0, 0.05) is 0 Å². The van der Waals surface area contributed by atoms with Gasteiger partial charge in [0.25, 0.3) is 0 Å². The Balaban J connectivity index is 2.66. The van der Waals surface area contributed by atoms with Crippen LogP contribution in [-0.2, 0) is 0 Å². The van der Waals surface area contributed by atoms with Crippen molar-refractivity contribution in [1.29, 1.82) is 0 Å². The lowest BCUT2D eigenvalue weighted by Gasteiger charge is -2.27. The molecule has 0 aliphatic heterocycles. The van der Waals surface area contributed by atoms with E-state index in [1.165, 1.54) is 12.8 Å². The fourth-order valence-electron chi connectivity index (χ4n) is 2.15. The minimum Gasteiger partial charge on any atom is -0.207 e. The molecule has 0 amide bonds. The molecular weight excluding hydrogens is 175 g/mol. The monoisotopic (exact) mass is 194 g/mol. The Morgan fingerprint density at radius 2 is 1.86 bits per heavy atom. The van der Waals surface area contributed by atoms with Crippen LogP contribution in [0.5, 0.6) is 0 Å². The highest BCUT2D eigenvalue weighted by atomic mass is 19.1. The Hall–Kier alpha value is -0.850. The molecule has 1 aliphatic rings. The van der Waals surface area contributed by atoms with Crippen LogP contribution in [0.25, 0.3) is 0 Å². The number of halogens is 1. The zero-order valence-corrected chi connectivity index (χ0v) is 8.93. The number of rotatable bonds is 3. The number of allylic oxidation sites excluding steroid dienone is 4.